The van der Waals surface area contributed by atoms with Crippen molar-refractivity contribution in [2.45, 2.75) is 26.3 Å². The van der Waals surface area contributed by atoms with Gasteiger partial charge < -0.3 is 11.1 Å². The van der Waals surface area contributed by atoms with Crippen LogP contribution in [0.5, 0.6) is 0 Å². The molecule has 0 aromatic carbocycles. The molecular weight excluding hydrogens is 186 g/mol. The van der Waals surface area contributed by atoms with E-state index in [9.17, 15) is 0 Å². The Morgan fingerprint density at radius 3 is 2.53 bits per heavy atom. The number of rotatable bonds is 6. The Labute approximate surface area is 92.1 Å². The molecule has 0 aliphatic carbocycles. The van der Waals surface area contributed by atoms with Crippen molar-refractivity contribution >= 4 is 0 Å². The molecule has 3 N–H and O–H groups in total. The lowest BCUT2D eigenvalue weighted by molar-refractivity contribution is 0.409. The van der Waals surface area contributed by atoms with Crippen molar-refractivity contribution in [3.63, 3.8) is 0 Å². The molecule has 3 heteroatoms. The summed E-state index contributed by atoms with van der Waals surface area (Å²) >= 11 is 0. The quantitative estimate of drug-likeness (QED) is 0.737. The summed E-state index contributed by atoms with van der Waals surface area (Å²) in [5.74, 6) is 0.590. The molecule has 1 unspecified atom stereocenters. The van der Waals surface area contributed by atoms with E-state index in [-0.39, 0.29) is 0 Å². The van der Waals surface area contributed by atoms with Crippen molar-refractivity contribution in [3.8, 4) is 0 Å². The average Bonchev–Trinajstić information content (AvgIpc) is 2.25. The highest BCUT2D eigenvalue weighted by Gasteiger charge is 2.09. The van der Waals surface area contributed by atoms with Crippen LogP contribution in [-0.4, -0.2) is 24.1 Å². The summed E-state index contributed by atoms with van der Waals surface area (Å²) < 4.78 is 0. The van der Waals surface area contributed by atoms with Crippen molar-refractivity contribution in [3.05, 3.63) is 30.1 Å². The average molecular weight is 207 g/mol. The molecule has 1 atom stereocenters. The zero-order valence-corrected chi connectivity index (χ0v) is 9.61. The normalized spacial score (nSPS) is 13.1. The molecule has 0 fully saturated rings. The standard InChI is InChI=1S/C12H21N3/c1-10(2)12(9-13)15-8-5-11-3-6-14-7-4-11/h3-4,6-7,10,12,15H,5,8-9,13H2,1-2H3. The summed E-state index contributed by atoms with van der Waals surface area (Å²) in [4.78, 5) is 3.99. The second-order valence-electron chi connectivity index (χ2n) is 4.15. The van der Waals surface area contributed by atoms with Gasteiger partial charge in [0.15, 0.2) is 0 Å². The molecule has 1 aromatic heterocycles. The summed E-state index contributed by atoms with van der Waals surface area (Å²) in [5.41, 5.74) is 7.00. The molecule has 15 heavy (non-hydrogen) atoms. The fourth-order valence-corrected chi connectivity index (χ4v) is 1.54. The van der Waals surface area contributed by atoms with E-state index in [2.05, 4.69) is 36.3 Å². The van der Waals surface area contributed by atoms with Gasteiger partial charge in [-0.25, -0.2) is 0 Å². The van der Waals surface area contributed by atoms with Crippen LogP contribution >= 0.6 is 0 Å². The summed E-state index contributed by atoms with van der Waals surface area (Å²) in [6.45, 7) is 6.06. The molecular formula is C12H21N3. The molecule has 1 rings (SSSR count). The lowest BCUT2D eigenvalue weighted by Crippen LogP contribution is -2.41. The molecule has 1 aromatic rings. The smallest absolute Gasteiger partial charge is 0.0270 e. The highest BCUT2D eigenvalue weighted by Crippen LogP contribution is 2.01. The summed E-state index contributed by atoms with van der Waals surface area (Å²) in [7, 11) is 0. The van der Waals surface area contributed by atoms with Crippen LogP contribution in [0.15, 0.2) is 24.5 Å². The van der Waals surface area contributed by atoms with Gasteiger partial charge in [0.25, 0.3) is 0 Å². The minimum atomic E-state index is 0.423. The van der Waals surface area contributed by atoms with Crippen LogP contribution in [0.1, 0.15) is 19.4 Å². The lowest BCUT2D eigenvalue weighted by Gasteiger charge is -2.20. The highest BCUT2D eigenvalue weighted by molar-refractivity contribution is 5.09. The van der Waals surface area contributed by atoms with Gasteiger partial charge in [-0.15, -0.1) is 0 Å². The largest absolute Gasteiger partial charge is 0.329 e. The first-order chi connectivity index (χ1) is 7.24. The van der Waals surface area contributed by atoms with Crippen LogP contribution in [0.4, 0.5) is 0 Å². The maximum Gasteiger partial charge on any atom is 0.0270 e. The molecule has 0 saturated heterocycles. The number of hydrogen-bond donors (Lipinski definition) is 2. The molecule has 0 radical (unpaired) electrons. The second kappa shape index (κ2) is 6.53. The van der Waals surface area contributed by atoms with Gasteiger partial charge in [0.05, 0.1) is 0 Å². The monoisotopic (exact) mass is 207 g/mol. The van der Waals surface area contributed by atoms with E-state index in [0.717, 1.165) is 13.0 Å². The molecule has 0 spiro atoms. The van der Waals surface area contributed by atoms with Crippen LogP contribution in [0.3, 0.4) is 0 Å². The predicted octanol–water partition coefficient (Wildman–Crippen LogP) is 1.20. The van der Waals surface area contributed by atoms with Gasteiger partial charge in [-0.1, -0.05) is 13.8 Å². The van der Waals surface area contributed by atoms with Gasteiger partial charge in [-0.05, 0) is 36.6 Å². The molecule has 0 aliphatic rings. The van der Waals surface area contributed by atoms with Crippen molar-refractivity contribution in [2.24, 2.45) is 11.7 Å². The first-order valence-electron chi connectivity index (χ1n) is 5.56. The first kappa shape index (κ1) is 12.1. The molecule has 0 saturated carbocycles. The predicted molar refractivity (Wildman–Crippen MR) is 63.6 cm³/mol. The van der Waals surface area contributed by atoms with Crippen LogP contribution in [0, 0.1) is 5.92 Å². The minimum absolute atomic E-state index is 0.423. The fourth-order valence-electron chi connectivity index (χ4n) is 1.54. The Morgan fingerprint density at radius 1 is 1.33 bits per heavy atom. The van der Waals surface area contributed by atoms with Gasteiger partial charge in [0, 0.05) is 25.0 Å². The Bertz CT molecular complexity index is 259. The van der Waals surface area contributed by atoms with Gasteiger partial charge >= 0.3 is 0 Å². The number of nitrogens with one attached hydrogen (secondary N) is 1. The Hall–Kier alpha value is -0.930. The van der Waals surface area contributed by atoms with Crippen molar-refractivity contribution in [1.82, 2.24) is 10.3 Å². The van der Waals surface area contributed by atoms with E-state index in [0.29, 0.717) is 18.5 Å². The summed E-state index contributed by atoms with van der Waals surface area (Å²) in [6.07, 6.45) is 4.70. The fraction of sp³-hybridized carbons (Fsp3) is 0.583. The van der Waals surface area contributed by atoms with Crippen molar-refractivity contribution < 1.29 is 0 Å². The molecule has 3 nitrogen and oxygen atoms in total. The third-order valence-electron chi connectivity index (χ3n) is 2.63. The van der Waals surface area contributed by atoms with Crippen LogP contribution in [0.2, 0.25) is 0 Å². The third kappa shape index (κ3) is 4.40. The minimum Gasteiger partial charge on any atom is -0.329 e. The summed E-state index contributed by atoms with van der Waals surface area (Å²) in [6, 6.07) is 4.52. The van der Waals surface area contributed by atoms with E-state index >= 15 is 0 Å². The molecule has 84 valence electrons. The Morgan fingerprint density at radius 2 is 2.00 bits per heavy atom. The zero-order valence-electron chi connectivity index (χ0n) is 9.61. The van der Waals surface area contributed by atoms with Crippen LogP contribution in [0.25, 0.3) is 0 Å². The number of pyridine rings is 1. The van der Waals surface area contributed by atoms with E-state index in [1.807, 2.05) is 12.4 Å². The van der Waals surface area contributed by atoms with Crippen molar-refractivity contribution in [1.29, 1.82) is 0 Å². The maximum atomic E-state index is 5.68. The van der Waals surface area contributed by atoms with Gasteiger partial charge in [0.1, 0.15) is 0 Å². The number of nitrogens with two attached hydrogens (primary N) is 1. The lowest BCUT2D eigenvalue weighted by atomic mass is 10.0. The SMILES string of the molecule is CC(C)C(CN)NCCc1ccncc1. The number of nitrogens with zero attached hydrogens (tertiary/aromatic N) is 1. The molecule has 1 heterocycles. The van der Waals surface area contributed by atoms with E-state index < -0.39 is 0 Å². The second-order valence-corrected chi connectivity index (χ2v) is 4.15. The molecule has 0 bridgehead atoms. The topological polar surface area (TPSA) is 50.9 Å². The third-order valence-corrected chi connectivity index (χ3v) is 2.63. The number of aromatic nitrogens is 1. The molecule has 0 aliphatic heterocycles. The summed E-state index contributed by atoms with van der Waals surface area (Å²) in [5, 5.41) is 3.47. The number of hydrogen-bond acceptors (Lipinski definition) is 3. The Balaban J connectivity index is 2.27. The van der Waals surface area contributed by atoms with E-state index in [1.165, 1.54) is 5.56 Å². The van der Waals surface area contributed by atoms with Gasteiger partial charge in [-0.3, -0.25) is 4.98 Å². The van der Waals surface area contributed by atoms with Gasteiger partial charge in [0.2, 0.25) is 0 Å². The van der Waals surface area contributed by atoms with Gasteiger partial charge in [-0.2, -0.15) is 0 Å². The maximum absolute atomic E-state index is 5.68. The van der Waals surface area contributed by atoms with Crippen LogP contribution in [-0.2, 0) is 6.42 Å². The van der Waals surface area contributed by atoms with E-state index in [1.54, 1.807) is 0 Å². The Kier molecular flexibility index (Phi) is 5.29. The van der Waals surface area contributed by atoms with E-state index in [4.69, 9.17) is 5.73 Å². The first-order valence-corrected chi connectivity index (χ1v) is 5.56. The van der Waals surface area contributed by atoms with Crippen molar-refractivity contribution in [2.75, 3.05) is 13.1 Å². The van der Waals surface area contributed by atoms with Crippen LogP contribution < -0.4 is 11.1 Å². The highest BCUT2D eigenvalue weighted by atomic mass is 14.9. The molecule has 0 amide bonds. The zero-order chi connectivity index (χ0) is 11.1.